The van der Waals surface area contributed by atoms with Gasteiger partial charge in [-0.2, -0.15) is 13.2 Å². The summed E-state index contributed by atoms with van der Waals surface area (Å²) in [5.41, 5.74) is -1.28. The topological polar surface area (TPSA) is 86.8 Å². The Kier molecular flexibility index (Phi) is 11.6. The number of sulfonamides is 1. The van der Waals surface area contributed by atoms with Crippen LogP contribution in [-0.2, 0) is 32.3 Å². The molecule has 0 heterocycles. The molecule has 0 spiro atoms. The van der Waals surface area contributed by atoms with Crippen LogP contribution in [0.3, 0.4) is 0 Å². The number of nitrogens with one attached hydrogen (secondary N) is 1. The van der Waals surface area contributed by atoms with Gasteiger partial charge >= 0.3 is 6.18 Å². The second-order valence-electron chi connectivity index (χ2n) is 9.71. The summed E-state index contributed by atoms with van der Waals surface area (Å²) in [4.78, 5) is 28.0. The Balaban J connectivity index is 2.12. The fourth-order valence-electron chi connectivity index (χ4n) is 4.33. The van der Waals surface area contributed by atoms with Gasteiger partial charge in [0.1, 0.15) is 18.4 Å². The summed E-state index contributed by atoms with van der Waals surface area (Å²) in [6, 6.07) is 13.2. The minimum absolute atomic E-state index is 0.140. The van der Waals surface area contributed by atoms with E-state index in [9.17, 15) is 35.6 Å². The number of unbranched alkanes of at least 4 members (excludes halogenated alkanes) is 1. The minimum Gasteiger partial charge on any atom is -0.354 e. The number of carbonyl (C=O) groups excluding carboxylic acids is 2. The highest BCUT2D eigenvalue weighted by Gasteiger charge is 2.37. The fraction of sp³-hybridized carbons (Fsp3) is 0.333. The van der Waals surface area contributed by atoms with E-state index in [1.54, 1.807) is 13.0 Å². The molecule has 7 nitrogen and oxygen atoms in total. The minimum atomic E-state index is -4.83. The van der Waals surface area contributed by atoms with E-state index in [1.165, 1.54) is 48.5 Å². The van der Waals surface area contributed by atoms with Crippen LogP contribution in [0.1, 0.15) is 44.2 Å². The number of rotatable bonds is 13. The molecule has 0 aliphatic rings. The second kappa shape index (κ2) is 14.7. The monoisotopic (exact) mass is 641 g/mol. The van der Waals surface area contributed by atoms with Crippen LogP contribution >= 0.6 is 11.6 Å². The van der Waals surface area contributed by atoms with E-state index in [4.69, 9.17) is 11.6 Å². The average molecular weight is 642 g/mol. The Labute approximate surface area is 253 Å². The highest BCUT2D eigenvalue weighted by Crippen LogP contribution is 2.37. The molecule has 0 aliphatic carbocycles. The third-order valence-corrected chi connectivity index (χ3v) is 8.73. The van der Waals surface area contributed by atoms with Crippen LogP contribution in [0.4, 0.5) is 23.2 Å². The lowest BCUT2D eigenvalue weighted by Gasteiger charge is -2.33. The van der Waals surface area contributed by atoms with Gasteiger partial charge in [-0.3, -0.25) is 13.9 Å². The Morgan fingerprint density at radius 3 is 2.21 bits per heavy atom. The lowest BCUT2D eigenvalue weighted by molar-refractivity contribution is -0.140. The Morgan fingerprint density at radius 1 is 0.977 bits per heavy atom. The summed E-state index contributed by atoms with van der Waals surface area (Å²) in [6.07, 6.45) is -3.20. The first-order chi connectivity index (χ1) is 20.3. The predicted molar refractivity (Wildman–Crippen MR) is 156 cm³/mol. The van der Waals surface area contributed by atoms with Gasteiger partial charge in [-0.05, 0) is 60.9 Å². The van der Waals surface area contributed by atoms with Gasteiger partial charge in [0.2, 0.25) is 11.8 Å². The molecule has 0 aromatic heterocycles. The zero-order valence-corrected chi connectivity index (χ0v) is 25.1. The van der Waals surface area contributed by atoms with Crippen LogP contribution in [0, 0.1) is 5.82 Å². The Bertz CT molecular complexity index is 1500. The lowest BCUT2D eigenvalue weighted by Crippen LogP contribution is -2.52. The number of amides is 2. The molecule has 0 aliphatic heterocycles. The molecule has 3 aromatic carbocycles. The van der Waals surface area contributed by atoms with Crippen LogP contribution in [0.2, 0.25) is 5.02 Å². The van der Waals surface area contributed by atoms with Gasteiger partial charge in [-0.25, -0.2) is 12.8 Å². The van der Waals surface area contributed by atoms with Crippen LogP contribution < -0.4 is 9.62 Å². The van der Waals surface area contributed by atoms with E-state index in [0.29, 0.717) is 35.0 Å². The predicted octanol–water partition coefficient (Wildman–Crippen LogP) is 6.42. The summed E-state index contributed by atoms with van der Waals surface area (Å²) < 4.78 is 82.8. The smallest absolute Gasteiger partial charge is 0.354 e. The van der Waals surface area contributed by atoms with Gasteiger partial charge in [-0.1, -0.05) is 62.2 Å². The standard InChI is InChI=1S/C30H32ClF4N3O4S/c1-3-5-17-36-29(40)26(4-2)37(19-21-11-14-23(32)15-12-21)28(39)20-38(43(41,42)24-9-7-6-8-10-24)27-18-22(30(33,34)35)13-16-25(27)31/h6-16,18,26H,3-5,17,19-20H2,1-2H3,(H,36,40)/t26-/m1/s1. The van der Waals surface area contributed by atoms with Crippen molar-refractivity contribution >= 4 is 39.1 Å². The lowest BCUT2D eigenvalue weighted by atomic mass is 10.1. The molecule has 3 rings (SSSR count). The number of hydrogen-bond acceptors (Lipinski definition) is 4. The molecule has 0 fully saturated rings. The van der Waals surface area contributed by atoms with E-state index >= 15 is 0 Å². The van der Waals surface area contributed by atoms with Crippen LogP contribution in [0.5, 0.6) is 0 Å². The quantitative estimate of drug-likeness (QED) is 0.172. The molecule has 1 atom stereocenters. The number of nitrogens with zero attached hydrogens (tertiary/aromatic N) is 2. The molecule has 1 N–H and O–H groups in total. The van der Waals surface area contributed by atoms with Gasteiger partial charge in [0, 0.05) is 13.1 Å². The van der Waals surface area contributed by atoms with Crippen molar-refractivity contribution in [2.45, 2.75) is 56.8 Å². The summed E-state index contributed by atoms with van der Waals surface area (Å²) in [5.74, 6) is -1.89. The molecule has 43 heavy (non-hydrogen) atoms. The number of hydrogen-bond donors (Lipinski definition) is 1. The highest BCUT2D eigenvalue weighted by atomic mass is 35.5. The first-order valence-corrected chi connectivity index (χ1v) is 15.4. The Morgan fingerprint density at radius 2 is 1.63 bits per heavy atom. The summed E-state index contributed by atoms with van der Waals surface area (Å²) in [7, 11) is -4.63. The molecule has 2 amide bonds. The highest BCUT2D eigenvalue weighted by molar-refractivity contribution is 7.92. The molecule has 0 bridgehead atoms. The molecular formula is C30H32ClF4N3O4S. The van der Waals surface area contributed by atoms with E-state index in [0.717, 1.165) is 17.4 Å². The number of carbonyl (C=O) groups is 2. The van der Waals surface area contributed by atoms with Crippen molar-refractivity contribution in [2.24, 2.45) is 0 Å². The van der Waals surface area contributed by atoms with Crippen LogP contribution in [-0.4, -0.2) is 44.3 Å². The molecule has 232 valence electrons. The SMILES string of the molecule is CCCCNC(=O)[C@@H](CC)N(Cc1ccc(F)cc1)C(=O)CN(c1cc(C(F)(F)F)ccc1Cl)S(=O)(=O)c1ccccc1. The van der Waals surface area contributed by atoms with Crippen LogP contribution in [0.25, 0.3) is 0 Å². The average Bonchev–Trinajstić information content (AvgIpc) is 2.97. The number of alkyl halides is 3. The maximum Gasteiger partial charge on any atom is 0.416 e. The molecule has 13 heteroatoms. The third kappa shape index (κ3) is 8.70. The normalized spacial score (nSPS) is 12.4. The largest absolute Gasteiger partial charge is 0.416 e. The van der Waals surface area contributed by atoms with Crippen molar-refractivity contribution in [3.8, 4) is 0 Å². The van der Waals surface area contributed by atoms with Crippen molar-refractivity contribution in [1.82, 2.24) is 10.2 Å². The van der Waals surface area contributed by atoms with Crippen molar-refractivity contribution < 1.29 is 35.6 Å². The molecule has 0 radical (unpaired) electrons. The van der Waals surface area contributed by atoms with Gasteiger partial charge in [0.25, 0.3) is 10.0 Å². The van der Waals surface area contributed by atoms with E-state index in [1.807, 2.05) is 6.92 Å². The Hall–Kier alpha value is -3.64. The molecule has 3 aromatic rings. The summed E-state index contributed by atoms with van der Waals surface area (Å²) in [5, 5.41) is 2.43. The van der Waals surface area contributed by atoms with Crippen molar-refractivity contribution in [2.75, 3.05) is 17.4 Å². The van der Waals surface area contributed by atoms with Gasteiger partial charge < -0.3 is 10.2 Å². The first-order valence-electron chi connectivity index (χ1n) is 13.6. The van der Waals surface area contributed by atoms with Crippen LogP contribution in [0.15, 0.2) is 77.7 Å². The fourth-order valence-corrected chi connectivity index (χ4v) is 6.04. The van der Waals surface area contributed by atoms with Crippen molar-refractivity contribution in [3.05, 3.63) is 94.8 Å². The molecule has 0 saturated carbocycles. The number of halogens is 5. The number of benzene rings is 3. The third-order valence-electron chi connectivity index (χ3n) is 6.63. The van der Waals surface area contributed by atoms with E-state index in [-0.39, 0.29) is 22.9 Å². The summed E-state index contributed by atoms with van der Waals surface area (Å²) >= 11 is 6.26. The maximum absolute atomic E-state index is 14.0. The molecule has 0 unspecified atom stereocenters. The van der Waals surface area contributed by atoms with Gasteiger partial charge in [0.15, 0.2) is 0 Å². The number of anilines is 1. The summed E-state index contributed by atoms with van der Waals surface area (Å²) in [6.45, 7) is 2.77. The van der Waals surface area contributed by atoms with Crippen molar-refractivity contribution in [3.63, 3.8) is 0 Å². The zero-order chi connectivity index (χ0) is 31.8. The van der Waals surface area contributed by atoms with Crippen molar-refractivity contribution in [1.29, 1.82) is 0 Å². The van der Waals surface area contributed by atoms with E-state index < -0.39 is 57.7 Å². The second-order valence-corrected chi connectivity index (χ2v) is 12.0. The molecular weight excluding hydrogens is 610 g/mol. The van der Waals surface area contributed by atoms with E-state index in [2.05, 4.69) is 5.32 Å². The first kappa shape index (κ1) is 33.9. The zero-order valence-electron chi connectivity index (χ0n) is 23.6. The van der Waals surface area contributed by atoms with Gasteiger partial charge in [0.05, 0.1) is 21.2 Å². The maximum atomic E-state index is 14.0. The van der Waals surface area contributed by atoms with Gasteiger partial charge in [-0.15, -0.1) is 0 Å². The molecule has 0 saturated heterocycles.